The van der Waals surface area contributed by atoms with Gasteiger partial charge in [-0.25, -0.2) is 4.79 Å². The van der Waals surface area contributed by atoms with Gasteiger partial charge < -0.3 is 9.74 Å². The zero-order valence-electron chi connectivity index (χ0n) is 12.6. The molecule has 1 heterocycles. The summed E-state index contributed by atoms with van der Waals surface area (Å²) in [7, 11) is 2.19. The highest BCUT2D eigenvalue weighted by atomic mass is 16.7. The SMILES string of the molecule is Cc1cccc(C(=O)O/N=C2/C[C@@H](C)[NH+](C)C[C@H]2C)c1. The van der Waals surface area contributed by atoms with E-state index >= 15 is 0 Å². The van der Waals surface area contributed by atoms with E-state index in [4.69, 9.17) is 4.84 Å². The molecule has 0 spiro atoms. The van der Waals surface area contributed by atoms with Crippen LogP contribution in [0.15, 0.2) is 29.4 Å². The van der Waals surface area contributed by atoms with E-state index in [0.29, 0.717) is 17.5 Å². The van der Waals surface area contributed by atoms with Crippen molar-refractivity contribution < 1.29 is 14.5 Å². The number of nitrogens with one attached hydrogen (secondary N) is 1. The summed E-state index contributed by atoms with van der Waals surface area (Å²) >= 11 is 0. The fraction of sp³-hybridized carbons (Fsp3) is 0.500. The number of benzene rings is 1. The summed E-state index contributed by atoms with van der Waals surface area (Å²) in [5.74, 6) is -0.0242. The van der Waals surface area contributed by atoms with Gasteiger partial charge in [0.15, 0.2) is 0 Å². The first kappa shape index (κ1) is 14.7. The summed E-state index contributed by atoms with van der Waals surface area (Å²) in [6.07, 6.45) is 0.883. The number of carbonyl (C=O) groups is 1. The Kier molecular flexibility index (Phi) is 4.55. The van der Waals surface area contributed by atoms with Crippen LogP contribution in [0.5, 0.6) is 0 Å². The summed E-state index contributed by atoms with van der Waals surface area (Å²) in [5.41, 5.74) is 2.58. The van der Waals surface area contributed by atoms with Crippen molar-refractivity contribution in [2.75, 3.05) is 13.6 Å². The molecular weight excluding hydrogens is 252 g/mol. The van der Waals surface area contributed by atoms with Crippen molar-refractivity contribution in [1.29, 1.82) is 0 Å². The molecule has 1 aromatic carbocycles. The van der Waals surface area contributed by atoms with E-state index in [1.807, 2.05) is 25.1 Å². The second kappa shape index (κ2) is 6.18. The highest BCUT2D eigenvalue weighted by Crippen LogP contribution is 2.10. The second-order valence-electron chi connectivity index (χ2n) is 5.89. The normalized spacial score (nSPS) is 28.4. The molecule has 1 saturated heterocycles. The third-order valence-corrected chi connectivity index (χ3v) is 4.05. The maximum absolute atomic E-state index is 12.0. The molecule has 108 valence electrons. The van der Waals surface area contributed by atoms with Crippen LogP contribution in [-0.4, -0.2) is 31.3 Å². The first-order valence-electron chi connectivity index (χ1n) is 7.14. The van der Waals surface area contributed by atoms with Crippen LogP contribution >= 0.6 is 0 Å². The van der Waals surface area contributed by atoms with Gasteiger partial charge in [0.1, 0.15) is 0 Å². The van der Waals surface area contributed by atoms with Crippen molar-refractivity contribution in [1.82, 2.24) is 0 Å². The Hall–Kier alpha value is -1.68. The number of hydrogen-bond acceptors (Lipinski definition) is 3. The topological polar surface area (TPSA) is 43.1 Å². The van der Waals surface area contributed by atoms with Crippen molar-refractivity contribution in [2.24, 2.45) is 11.1 Å². The molecule has 0 amide bonds. The third kappa shape index (κ3) is 3.45. The van der Waals surface area contributed by atoms with Crippen LogP contribution in [0.25, 0.3) is 0 Å². The lowest BCUT2D eigenvalue weighted by molar-refractivity contribution is -0.908. The molecule has 0 aliphatic carbocycles. The van der Waals surface area contributed by atoms with Crippen molar-refractivity contribution in [3.8, 4) is 0 Å². The van der Waals surface area contributed by atoms with E-state index in [2.05, 4.69) is 26.1 Å². The van der Waals surface area contributed by atoms with Crippen LogP contribution in [-0.2, 0) is 4.84 Å². The van der Waals surface area contributed by atoms with Gasteiger partial charge in [0.2, 0.25) is 0 Å². The molecule has 0 radical (unpaired) electrons. The molecule has 2 rings (SSSR count). The highest BCUT2D eigenvalue weighted by Gasteiger charge is 2.29. The lowest BCUT2D eigenvalue weighted by atomic mass is 9.93. The molecular formula is C16H23N2O2+. The van der Waals surface area contributed by atoms with Crippen LogP contribution in [0.1, 0.15) is 36.2 Å². The van der Waals surface area contributed by atoms with Crippen LogP contribution in [0.3, 0.4) is 0 Å². The van der Waals surface area contributed by atoms with Crippen molar-refractivity contribution in [2.45, 2.75) is 33.2 Å². The fourth-order valence-corrected chi connectivity index (χ4v) is 2.54. The summed E-state index contributed by atoms with van der Waals surface area (Å²) < 4.78 is 0. The molecule has 20 heavy (non-hydrogen) atoms. The number of rotatable bonds is 2. The van der Waals surface area contributed by atoms with Crippen molar-refractivity contribution in [3.05, 3.63) is 35.4 Å². The van der Waals surface area contributed by atoms with Gasteiger partial charge in [0.05, 0.1) is 30.9 Å². The van der Waals surface area contributed by atoms with Gasteiger partial charge in [-0.15, -0.1) is 0 Å². The number of carbonyl (C=O) groups excluding carboxylic acids is 1. The van der Waals surface area contributed by atoms with E-state index in [1.54, 1.807) is 6.07 Å². The Bertz CT molecular complexity index is 525. The van der Waals surface area contributed by atoms with E-state index < -0.39 is 0 Å². The van der Waals surface area contributed by atoms with E-state index in [0.717, 1.165) is 24.2 Å². The minimum atomic E-state index is -0.382. The summed E-state index contributed by atoms with van der Waals surface area (Å²) in [4.78, 5) is 18.6. The standard InChI is InChI=1S/C16H22N2O2/c1-11-6-5-7-14(8-11)16(19)20-17-15-9-13(3)18(4)10-12(15)2/h5-8,12-13H,9-10H2,1-4H3/p+1/b17-15-/t12-,13-/m1/s1. The maximum atomic E-state index is 12.0. The molecule has 4 heteroatoms. The molecule has 0 saturated carbocycles. The number of quaternary nitrogens is 1. The van der Waals surface area contributed by atoms with E-state index in [9.17, 15) is 4.79 Å². The largest absolute Gasteiger partial charge is 0.365 e. The van der Waals surface area contributed by atoms with E-state index in [1.165, 1.54) is 4.90 Å². The predicted molar refractivity (Wildman–Crippen MR) is 79.0 cm³/mol. The van der Waals surface area contributed by atoms with Gasteiger partial charge in [-0.05, 0) is 26.0 Å². The number of piperidine rings is 1. The Morgan fingerprint density at radius 1 is 1.40 bits per heavy atom. The van der Waals surface area contributed by atoms with Gasteiger partial charge in [-0.1, -0.05) is 29.8 Å². The molecule has 3 atom stereocenters. The number of oxime groups is 1. The minimum Gasteiger partial charge on any atom is -0.334 e. The second-order valence-corrected chi connectivity index (χ2v) is 5.89. The van der Waals surface area contributed by atoms with Gasteiger partial charge in [0.25, 0.3) is 0 Å². The first-order chi connectivity index (χ1) is 9.47. The average molecular weight is 275 g/mol. The fourth-order valence-electron chi connectivity index (χ4n) is 2.54. The lowest BCUT2D eigenvalue weighted by Gasteiger charge is -2.31. The Morgan fingerprint density at radius 3 is 2.85 bits per heavy atom. The highest BCUT2D eigenvalue weighted by molar-refractivity contribution is 5.91. The average Bonchev–Trinajstić information content (AvgIpc) is 2.41. The van der Waals surface area contributed by atoms with Gasteiger partial charge in [-0.3, -0.25) is 0 Å². The smallest absolute Gasteiger partial charge is 0.334 e. The molecule has 4 nitrogen and oxygen atoms in total. The van der Waals surface area contributed by atoms with E-state index in [-0.39, 0.29) is 5.97 Å². The molecule has 1 fully saturated rings. The Labute approximate surface area is 120 Å². The van der Waals surface area contributed by atoms with Crippen LogP contribution in [0.4, 0.5) is 0 Å². The molecule has 1 aromatic rings. The lowest BCUT2D eigenvalue weighted by Crippen LogP contribution is -3.14. The molecule has 1 unspecified atom stereocenters. The zero-order chi connectivity index (χ0) is 14.7. The minimum absolute atomic E-state index is 0.358. The molecule has 0 bridgehead atoms. The van der Waals surface area contributed by atoms with Crippen LogP contribution in [0, 0.1) is 12.8 Å². The van der Waals surface area contributed by atoms with Gasteiger partial charge >= 0.3 is 5.97 Å². The molecule has 1 aliphatic rings. The molecule has 0 aromatic heterocycles. The summed E-state index contributed by atoms with van der Waals surface area (Å²) in [6, 6.07) is 7.88. The molecule has 1 aliphatic heterocycles. The van der Waals surface area contributed by atoms with Gasteiger partial charge in [-0.2, -0.15) is 0 Å². The quantitative estimate of drug-likeness (QED) is 0.656. The summed E-state index contributed by atoms with van der Waals surface area (Å²) in [5, 5.41) is 4.11. The first-order valence-corrected chi connectivity index (χ1v) is 7.14. The maximum Gasteiger partial charge on any atom is 0.365 e. The summed E-state index contributed by atoms with van der Waals surface area (Å²) in [6.45, 7) is 7.31. The number of aryl methyl sites for hydroxylation is 1. The van der Waals surface area contributed by atoms with Crippen LogP contribution in [0.2, 0.25) is 0 Å². The monoisotopic (exact) mass is 275 g/mol. The van der Waals surface area contributed by atoms with Crippen molar-refractivity contribution in [3.63, 3.8) is 0 Å². The number of likely N-dealkylation sites (tertiary alicyclic amines) is 1. The van der Waals surface area contributed by atoms with Crippen LogP contribution < -0.4 is 4.90 Å². The number of nitrogens with zero attached hydrogens (tertiary/aromatic N) is 1. The molecule has 1 N–H and O–H groups in total. The predicted octanol–water partition coefficient (Wildman–Crippen LogP) is 1.45. The number of hydrogen-bond donors (Lipinski definition) is 1. The van der Waals surface area contributed by atoms with Crippen molar-refractivity contribution >= 4 is 11.7 Å². The van der Waals surface area contributed by atoms with Gasteiger partial charge in [0, 0.05) is 12.3 Å². The Balaban J connectivity index is 2.03. The third-order valence-electron chi connectivity index (χ3n) is 4.05. The Morgan fingerprint density at radius 2 is 2.15 bits per heavy atom. The zero-order valence-corrected chi connectivity index (χ0v) is 12.6.